The van der Waals surface area contributed by atoms with E-state index in [1.165, 1.54) is 32.3 Å². The highest BCUT2D eigenvalue weighted by atomic mass is 35.5. The predicted octanol–water partition coefficient (Wildman–Crippen LogP) is 1.51. The fourth-order valence-corrected chi connectivity index (χ4v) is 2.94. The molecule has 0 saturated heterocycles. The topological polar surface area (TPSA) is 84.9 Å². The molecule has 0 unspecified atom stereocenters. The lowest BCUT2D eigenvalue weighted by atomic mass is 10.3. The Morgan fingerprint density at radius 3 is 2.62 bits per heavy atom. The molecule has 0 spiro atoms. The number of rotatable bonds is 10. The first-order valence-corrected chi connectivity index (χ1v) is 9.30. The normalized spacial score (nSPS) is 11.5. The summed E-state index contributed by atoms with van der Waals surface area (Å²) >= 11 is 6.03. The van der Waals surface area contributed by atoms with Gasteiger partial charge in [-0.05, 0) is 31.5 Å². The van der Waals surface area contributed by atoms with Gasteiger partial charge in [-0.25, -0.2) is 12.7 Å². The van der Waals surface area contributed by atoms with Crippen molar-refractivity contribution in [2.75, 3.05) is 40.5 Å². The number of halogens is 1. The number of ether oxygens (including phenoxy) is 2. The Morgan fingerprint density at radius 1 is 1.33 bits per heavy atom. The number of amides is 1. The van der Waals surface area contributed by atoms with E-state index >= 15 is 0 Å². The standard InChI is InChI=1S/C15H23ClN2O5S/c1-4-22-9-5-8-17-15(19)11-23-14-7-6-12(10-13(14)16)24(20,21)18(2)3/h6-7,10H,4-5,8-9,11H2,1-3H3,(H,17,19). The first-order chi connectivity index (χ1) is 11.3. The summed E-state index contributed by atoms with van der Waals surface area (Å²) in [7, 11) is -0.697. The maximum atomic E-state index is 12.0. The van der Waals surface area contributed by atoms with E-state index in [1.807, 2.05) is 6.92 Å². The number of nitrogens with zero attached hydrogens (tertiary/aromatic N) is 1. The molecule has 0 bridgehead atoms. The van der Waals surface area contributed by atoms with Crippen LogP contribution in [0.2, 0.25) is 5.02 Å². The van der Waals surface area contributed by atoms with Gasteiger partial charge in [0, 0.05) is 33.9 Å². The lowest BCUT2D eigenvalue weighted by Crippen LogP contribution is -2.30. The summed E-state index contributed by atoms with van der Waals surface area (Å²) in [5.74, 6) is -0.0357. The van der Waals surface area contributed by atoms with E-state index in [9.17, 15) is 13.2 Å². The number of sulfonamides is 1. The van der Waals surface area contributed by atoms with Gasteiger partial charge >= 0.3 is 0 Å². The smallest absolute Gasteiger partial charge is 0.257 e. The van der Waals surface area contributed by atoms with Gasteiger partial charge in [-0.15, -0.1) is 0 Å². The zero-order valence-corrected chi connectivity index (χ0v) is 15.6. The van der Waals surface area contributed by atoms with Crippen LogP contribution in [0.1, 0.15) is 13.3 Å². The van der Waals surface area contributed by atoms with Crippen molar-refractivity contribution in [1.82, 2.24) is 9.62 Å². The van der Waals surface area contributed by atoms with E-state index < -0.39 is 10.0 Å². The first-order valence-electron chi connectivity index (χ1n) is 7.48. The fourth-order valence-electron chi connectivity index (χ4n) is 1.71. The highest BCUT2D eigenvalue weighted by Gasteiger charge is 2.18. The highest BCUT2D eigenvalue weighted by molar-refractivity contribution is 7.89. The van der Waals surface area contributed by atoms with Crippen LogP contribution in [-0.4, -0.2) is 59.1 Å². The van der Waals surface area contributed by atoms with E-state index in [-0.39, 0.29) is 28.2 Å². The summed E-state index contributed by atoms with van der Waals surface area (Å²) in [4.78, 5) is 11.7. The SMILES string of the molecule is CCOCCCNC(=O)COc1ccc(S(=O)(=O)N(C)C)cc1Cl. The van der Waals surface area contributed by atoms with Crippen molar-refractivity contribution in [2.24, 2.45) is 0 Å². The average molecular weight is 379 g/mol. The quantitative estimate of drug-likeness (QED) is 0.624. The minimum atomic E-state index is -3.56. The predicted molar refractivity (Wildman–Crippen MR) is 91.9 cm³/mol. The number of hydrogen-bond acceptors (Lipinski definition) is 5. The van der Waals surface area contributed by atoms with E-state index in [0.29, 0.717) is 19.8 Å². The Bertz CT molecular complexity index is 649. The van der Waals surface area contributed by atoms with E-state index in [2.05, 4.69) is 5.32 Å². The van der Waals surface area contributed by atoms with Crippen molar-refractivity contribution in [3.05, 3.63) is 23.2 Å². The fraction of sp³-hybridized carbons (Fsp3) is 0.533. The number of benzene rings is 1. The molecule has 9 heteroatoms. The zero-order valence-electron chi connectivity index (χ0n) is 14.0. The number of nitrogens with one attached hydrogen (secondary N) is 1. The first kappa shape index (κ1) is 20.7. The summed E-state index contributed by atoms with van der Waals surface area (Å²) in [5.41, 5.74) is 0. The van der Waals surface area contributed by atoms with Crippen LogP contribution in [0.25, 0.3) is 0 Å². The van der Waals surface area contributed by atoms with Crippen molar-refractivity contribution in [3.8, 4) is 5.75 Å². The maximum Gasteiger partial charge on any atom is 0.257 e. The molecule has 0 radical (unpaired) electrons. The lowest BCUT2D eigenvalue weighted by Gasteiger charge is -2.13. The molecule has 0 fully saturated rings. The molecule has 1 amide bonds. The van der Waals surface area contributed by atoms with Crippen LogP contribution in [0, 0.1) is 0 Å². The molecule has 24 heavy (non-hydrogen) atoms. The van der Waals surface area contributed by atoms with Crippen LogP contribution in [-0.2, 0) is 19.6 Å². The van der Waals surface area contributed by atoms with Gasteiger partial charge in [-0.1, -0.05) is 11.6 Å². The second-order valence-corrected chi connectivity index (χ2v) is 7.63. The van der Waals surface area contributed by atoms with Gasteiger partial charge in [0.1, 0.15) is 5.75 Å². The van der Waals surface area contributed by atoms with E-state index in [4.69, 9.17) is 21.1 Å². The Balaban J connectivity index is 2.53. The summed E-state index contributed by atoms with van der Waals surface area (Å²) in [6, 6.07) is 4.11. The molecule has 1 rings (SSSR count). The second-order valence-electron chi connectivity index (χ2n) is 5.07. The van der Waals surface area contributed by atoms with Crippen LogP contribution in [0.3, 0.4) is 0 Å². The van der Waals surface area contributed by atoms with Gasteiger partial charge < -0.3 is 14.8 Å². The second kappa shape index (κ2) is 9.83. The third-order valence-corrected chi connectivity index (χ3v) is 5.14. The molecule has 136 valence electrons. The molecule has 0 aromatic heterocycles. The molecular weight excluding hydrogens is 356 g/mol. The minimum Gasteiger partial charge on any atom is -0.482 e. The van der Waals surface area contributed by atoms with Gasteiger partial charge in [0.15, 0.2) is 6.61 Å². The molecule has 1 aromatic carbocycles. The Morgan fingerprint density at radius 2 is 2.04 bits per heavy atom. The summed E-state index contributed by atoms with van der Waals surface area (Å²) in [6.45, 7) is 3.44. The number of carbonyl (C=O) groups is 1. The third-order valence-electron chi connectivity index (χ3n) is 3.03. The molecule has 0 aliphatic carbocycles. The molecule has 0 atom stereocenters. The molecule has 1 N–H and O–H groups in total. The molecule has 7 nitrogen and oxygen atoms in total. The van der Waals surface area contributed by atoms with Crippen molar-refractivity contribution in [1.29, 1.82) is 0 Å². The lowest BCUT2D eigenvalue weighted by molar-refractivity contribution is -0.123. The number of carbonyl (C=O) groups excluding carboxylic acids is 1. The largest absolute Gasteiger partial charge is 0.482 e. The summed E-state index contributed by atoms with van der Waals surface area (Å²) in [5, 5.41) is 2.82. The molecule has 0 heterocycles. The third kappa shape index (κ3) is 6.27. The molecular formula is C15H23ClN2O5S. The van der Waals surface area contributed by atoms with Gasteiger partial charge in [-0.3, -0.25) is 4.79 Å². The van der Waals surface area contributed by atoms with E-state index in [0.717, 1.165) is 10.7 Å². The minimum absolute atomic E-state index is 0.0604. The Kier molecular flexibility index (Phi) is 8.47. The van der Waals surface area contributed by atoms with Gasteiger partial charge in [0.2, 0.25) is 10.0 Å². The Labute approximate surface area is 147 Å². The van der Waals surface area contributed by atoms with Crippen LogP contribution in [0.5, 0.6) is 5.75 Å². The van der Waals surface area contributed by atoms with Gasteiger partial charge in [-0.2, -0.15) is 0 Å². The van der Waals surface area contributed by atoms with Crippen molar-refractivity contribution < 1.29 is 22.7 Å². The molecule has 0 aliphatic rings. The highest BCUT2D eigenvalue weighted by Crippen LogP contribution is 2.28. The van der Waals surface area contributed by atoms with Crippen LogP contribution >= 0.6 is 11.6 Å². The van der Waals surface area contributed by atoms with Crippen LogP contribution in [0.4, 0.5) is 0 Å². The molecule has 1 aromatic rings. The monoisotopic (exact) mass is 378 g/mol. The van der Waals surface area contributed by atoms with Crippen LogP contribution < -0.4 is 10.1 Å². The van der Waals surface area contributed by atoms with Gasteiger partial charge in [0.25, 0.3) is 5.91 Å². The molecule has 0 saturated carbocycles. The van der Waals surface area contributed by atoms with Crippen molar-refractivity contribution in [2.45, 2.75) is 18.2 Å². The average Bonchev–Trinajstić information content (AvgIpc) is 2.53. The van der Waals surface area contributed by atoms with Gasteiger partial charge in [0.05, 0.1) is 9.92 Å². The summed E-state index contributed by atoms with van der Waals surface area (Å²) < 4.78 is 35.6. The van der Waals surface area contributed by atoms with Crippen LogP contribution in [0.15, 0.2) is 23.1 Å². The van der Waals surface area contributed by atoms with E-state index in [1.54, 1.807) is 0 Å². The molecule has 0 aliphatic heterocycles. The van der Waals surface area contributed by atoms with Crippen molar-refractivity contribution >= 4 is 27.5 Å². The Hall–Kier alpha value is -1.35. The summed E-state index contributed by atoms with van der Waals surface area (Å²) in [6.07, 6.45) is 0.720. The maximum absolute atomic E-state index is 12.0. The van der Waals surface area contributed by atoms with Crippen molar-refractivity contribution in [3.63, 3.8) is 0 Å². The zero-order chi connectivity index (χ0) is 18.2. The number of hydrogen-bond donors (Lipinski definition) is 1.